The highest BCUT2D eigenvalue weighted by Crippen LogP contribution is 2.31. The molecule has 0 saturated heterocycles. The van der Waals surface area contributed by atoms with E-state index in [2.05, 4.69) is 24.0 Å². The summed E-state index contributed by atoms with van der Waals surface area (Å²) in [6.07, 6.45) is 0. The largest absolute Gasteiger partial charge is 0.339 e. The predicted octanol–water partition coefficient (Wildman–Crippen LogP) is 3.23. The smallest absolute Gasteiger partial charge is 0.231 e. The van der Waals surface area contributed by atoms with Gasteiger partial charge < -0.3 is 10.3 Å². The van der Waals surface area contributed by atoms with E-state index in [1.54, 1.807) is 12.1 Å². The highest BCUT2D eigenvalue weighted by molar-refractivity contribution is 5.30. The molecule has 1 heterocycles. The first-order chi connectivity index (χ1) is 9.86. The molecule has 5 heteroatoms. The molecular formula is C16H22FN3O. The second-order valence-corrected chi connectivity index (χ2v) is 6.17. The Bertz CT molecular complexity index is 590. The molecule has 21 heavy (non-hydrogen) atoms. The number of aromatic nitrogens is 2. The van der Waals surface area contributed by atoms with Crippen LogP contribution in [0.1, 0.15) is 50.9 Å². The van der Waals surface area contributed by atoms with Gasteiger partial charge in [-0.15, -0.1) is 0 Å². The molecule has 0 amide bonds. The van der Waals surface area contributed by atoms with Gasteiger partial charge in [-0.2, -0.15) is 4.98 Å². The molecule has 0 aliphatic rings. The van der Waals surface area contributed by atoms with Crippen LogP contribution in [0.5, 0.6) is 0 Å². The van der Waals surface area contributed by atoms with Crippen molar-refractivity contribution >= 4 is 0 Å². The number of nitrogens with zero attached hydrogens (tertiary/aromatic N) is 2. The average Bonchev–Trinajstić information content (AvgIpc) is 2.90. The Labute approximate surface area is 124 Å². The lowest BCUT2D eigenvalue weighted by molar-refractivity contribution is 0.319. The van der Waals surface area contributed by atoms with Gasteiger partial charge in [-0.05, 0) is 37.5 Å². The molecule has 0 bridgehead atoms. The Balaban J connectivity index is 2.33. The number of nitrogens with two attached hydrogens (primary N) is 1. The topological polar surface area (TPSA) is 64.9 Å². The predicted molar refractivity (Wildman–Crippen MR) is 79.5 cm³/mol. The van der Waals surface area contributed by atoms with Crippen LogP contribution in [0, 0.1) is 11.7 Å². The van der Waals surface area contributed by atoms with Crippen molar-refractivity contribution in [3.05, 3.63) is 47.4 Å². The van der Waals surface area contributed by atoms with Gasteiger partial charge in [-0.3, -0.25) is 0 Å². The summed E-state index contributed by atoms with van der Waals surface area (Å²) in [7, 11) is 0. The first-order valence-corrected chi connectivity index (χ1v) is 7.16. The second-order valence-electron chi connectivity index (χ2n) is 6.17. The summed E-state index contributed by atoms with van der Waals surface area (Å²) in [5.41, 5.74) is 6.26. The molecule has 2 N–H and O–H groups in total. The minimum absolute atomic E-state index is 0.0512. The Kier molecular flexibility index (Phi) is 4.42. The fourth-order valence-corrected chi connectivity index (χ4v) is 2.29. The molecule has 1 unspecified atom stereocenters. The van der Waals surface area contributed by atoms with Gasteiger partial charge in [0.2, 0.25) is 5.89 Å². The standard InChI is InChI=1S/C16H22FN3O/c1-10(2)13(9-18)14-19-15(20-21-14)16(3,4)11-5-7-12(17)8-6-11/h5-8,10,13H,9,18H2,1-4H3. The van der Waals surface area contributed by atoms with Crippen LogP contribution >= 0.6 is 0 Å². The zero-order chi connectivity index (χ0) is 15.6. The summed E-state index contributed by atoms with van der Waals surface area (Å²) >= 11 is 0. The van der Waals surface area contributed by atoms with Crippen LogP contribution in [0.2, 0.25) is 0 Å². The monoisotopic (exact) mass is 291 g/mol. The fourth-order valence-electron chi connectivity index (χ4n) is 2.29. The maximum Gasteiger partial charge on any atom is 0.231 e. The summed E-state index contributed by atoms with van der Waals surface area (Å²) in [6, 6.07) is 6.37. The van der Waals surface area contributed by atoms with Crippen molar-refractivity contribution in [1.29, 1.82) is 0 Å². The van der Waals surface area contributed by atoms with Crippen molar-refractivity contribution in [3.63, 3.8) is 0 Å². The van der Waals surface area contributed by atoms with Gasteiger partial charge in [-0.25, -0.2) is 4.39 Å². The minimum atomic E-state index is -0.453. The highest BCUT2D eigenvalue weighted by atomic mass is 19.1. The van der Waals surface area contributed by atoms with Gasteiger partial charge >= 0.3 is 0 Å². The third-order valence-corrected chi connectivity index (χ3v) is 3.94. The van der Waals surface area contributed by atoms with E-state index in [9.17, 15) is 4.39 Å². The van der Waals surface area contributed by atoms with Crippen molar-refractivity contribution in [2.45, 2.75) is 39.0 Å². The van der Waals surface area contributed by atoms with E-state index < -0.39 is 5.41 Å². The molecule has 0 aliphatic carbocycles. The number of rotatable bonds is 5. The Morgan fingerprint density at radius 3 is 2.38 bits per heavy atom. The van der Waals surface area contributed by atoms with Crippen LogP contribution in [-0.4, -0.2) is 16.7 Å². The highest BCUT2D eigenvalue weighted by Gasteiger charge is 2.31. The molecule has 2 aromatic rings. The van der Waals surface area contributed by atoms with Crippen molar-refractivity contribution in [2.24, 2.45) is 11.7 Å². The van der Waals surface area contributed by atoms with Crippen LogP contribution in [0.15, 0.2) is 28.8 Å². The minimum Gasteiger partial charge on any atom is -0.339 e. The van der Waals surface area contributed by atoms with Gasteiger partial charge in [0.15, 0.2) is 5.82 Å². The Morgan fingerprint density at radius 1 is 1.24 bits per heavy atom. The fraction of sp³-hybridized carbons (Fsp3) is 0.500. The zero-order valence-electron chi connectivity index (χ0n) is 12.9. The molecule has 114 valence electrons. The molecule has 0 radical (unpaired) electrons. The zero-order valence-corrected chi connectivity index (χ0v) is 12.9. The molecule has 1 aromatic heterocycles. The van der Waals surface area contributed by atoms with Crippen molar-refractivity contribution in [2.75, 3.05) is 6.54 Å². The van der Waals surface area contributed by atoms with Crippen LogP contribution in [0.3, 0.4) is 0 Å². The van der Waals surface area contributed by atoms with E-state index in [0.717, 1.165) is 5.56 Å². The molecule has 4 nitrogen and oxygen atoms in total. The SMILES string of the molecule is CC(C)C(CN)c1nc(C(C)(C)c2ccc(F)cc2)no1. The van der Waals surface area contributed by atoms with Crippen LogP contribution in [0.25, 0.3) is 0 Å². The van der Waals surface area contributed by atoms with E-state index in [-0.39, 0.29) is 11.7 Å². The Hall–Kier alpha value is -1.75. The first-order valence-electron chi connectivity index (χ1n) is 7.16. The maximum absolute atomic E-state index is 13.1. The molecule has 2 rings (SSSR count). The van der Waals surface area contributed by atoms with Gasteiger partial charge in [0, 0.05) is 6.54 Å². The third-order valence-electron chi connectivity index (χ3n) is 3.94. The molecule has 0 aliphatic heterocycles. The van der Waals surface area contributed by atoms with E-state index in [0.29, 0.717) is 24.2 Å². The van der Waals surface area contributed by atoms with Crippen molar-refractivity contribution in [3.8, 4) is 0 Å². The molecule has 0 saturated carbocycles. The van der Waals surface area contributed by atoms with Crippen LogP contribution < -0.4 is 5.73 Å². The summed E-state index contributed by atoms with van der Waals surface area (Å²) in [4.78, 5) is 4.52. The first kappa shape index (κ1) is 15.6. The van der Waals surface area contributed by atoms with Gasteiger partial charge in [0.25, 0.3) is 0 Å². The van der Waals surface area contributed by atoms with E-state index in [1.807, 2.05) is 13.8 Å². The lowest BCUT2D eigenvalue weighted by atomic mass is 9.84. The van der Waals surface area contributed by atoms with Gasteiger partial charge in [-0.1, -0.05) is 31.1 Å². The summed E-state index contributed by atoms with van der Waals surface area (Å²) in [6.45, 7) is 8.60. The maximum atomic E-state index is 13.1. The summed E-state index contributed by atoms with van der Waals surface area (Å²) < 4.78 is 18.5. The molecule has 0 spiro atoms. The average molecular weight is 291 g/mol. The van der Waals surface area contributed by atoms with E-state index in [1.165, 1.54) is 12.1 Å². The lowest BCUT2D eigenvalue weighted by Gasteiger charge is -2.21. The third kappa shape index (κ3) is 3.13. The molecule has 0 fully saturated rings. The Morgan fingerprint density at radius 2 is 1.86 bits per heavy atom. The van der Waals surface area contributed by atoms with Gasteiger partial charge in [0.05, 0.1) is 11.3 Å². The second kappa shape index (κ2) is 5.93. The van der Waals surface area contributed by atoms with Crippen molar-refractivity contribution in [1.82, 2.24) is 10.1 Å². The number of benzene rings is 1. The van der Waals surface area contributed by atoms with Crippen molar-refractivity contribution < 1.29 is 8.91 Å². The van der Waals surface area contributed by atoms with E-state index >= 15 is 0 Å². The lowest BCUT2D eigenvalue weighted by Crippen LogP contribution is -2.22. The molecular weight excluding hydrogens is 269 g/mol. The van der Waals surface area contributed by atoms with Crippen LogP contribution in [-0.2, 0) is 5.41 Å². The molecule has 1 atom stereocenters. The molecule has 1 aromatic carbocycles. The van der Waals surface area contributed by atoms with E-state index in [4.69, 9.17) is 10.3 Å². The van der Waals surface area contributed by atoms with Gasteiger partial charge in [0.1, 0.15) is 5.82 Å². The van der Waals surface area contributed by atoms with Crippen LogP contribution in [0.4, 0.5) is 4.39 Å². The quantitative estimate of drug-likeness (QED) is 0.918. The normalized spacial score (nSPS) is 13.7. The number of halogens is 1. The number of hydrogen-bond donors (Lipinski definition) is 1. The number of hydrogen-bond acceptors (Lipinski definition) is 4. The summed E-state index contributed by atoms with van der Waals surface area (Å²) in [5.74, 6) is 1.28. The summed E-state index contributed by atoms with van der Waals surface area (Å²) in [5, 5.41) is 4.10.